The summed E-state index contributed by atoms with van der Waals surface area (Å²) in [4.78, 5) is 2.25. The van der Waals surface area contributed by atoms with Gasteiger partial charge in [-0.2, -0.15) is 0 Å². The smallest absolute Gasteiger partial charge is 0.0488 e. The number of fused-ring (bicyclic) bond motifs is 3. The molecule has 0 unspecified atom stereocenters. The van der Waals surface area contributed by atoms with Crippen LogP contribution >= 0.6 is 0 Å². The standard InChI is InChI=1S/C18H22N2/c1-19(2)12-6-7-14-10-11-18-16(13-14)15-8-4-5-9-17(15)20(18)3/h4-5,8-11,13H,6-7,12H2,1-3H3. The summed E-state index contributed by atoms with van der Waals surface area (Å²) in [6.45, 7) is 1.15. The van der Waals surface area contributed by atoms with E-state index in [1.807, 2.05) is 0 Å². The molecule has 0 saturated carbocycles. The van der Waals surface area contributed by atoms with Gasteiger partial charge in [0, 0.05) is 28.9 Å². The Hall–Kier alpha value is -1.80. The van der Waals surface area contributed by atoms with Crippen LogP contribution < -0.4 is 0 Å². The van der Waals surface area contributed by atoms with Crippen molar-refractivity contribution in [2.24, 2.45) is 7.05 Å². The van der Waals surface area contributed by atoms with E-state index in [0.29, 0.717) is 0 Å². The molecule has 2 aromatic carbocycles. The zero-order chi connectivity index (χ0) is 14.1. The SMILES string of the molecule is CN(C)CCCc1ccc2c(c1)c1ccccc1n2C. The Balaban J connectivity index is 2.00. The first-order chi connectivity index (χ1) is 9.66. The van der Waals surface area contributed by atoms with Gasteiger partial charge in [-0.1, -0.05) is 24.3 Å². The van der Waals surface area contributed by atoms with Crippen LogP contribution in [-0.2, 0) is 13.5 Å². The third-order valence-corrected chi connectivity index (χ3v) is 4.05. The molecule has 1 aromatic heterocycles. The molecule has 3 aromatic rings. The minimum atomic E-state index is 1.15. The van der Waals surface area contributed by atoms with E-state index in [-0.39, 0.29) is 0 Å². The van der Waals surface area contributed by atoms with Crippen LogP contribution in [0.1, 0.15) is 12.0 Å². The Kier molecular flexibility index (Phi) is 3.49. The Bertz CT molecular complexity index is 738. The average molecular weight is 266 g/mol. The second kappa shape index (κ2) is 5.29. The van der Waals surface area contributed by atoms with E-state index in [2.05, 4.69) is 73.1 Å². The van der Waals surface area contributed by atoms with Gasteiger partial charge in [0.25, 0.3) is 0 Å². The maximum Gasteiger partial charge on any atom is 0.0488 e. The fraction of sp³-hybridized carbons (Fsp3) is 0.333. The Morgan fingerprint density at radius 2 is 1.70 bits per heavy atom. The normalized spacial score (nSPS) is 11.8. The molecule has 0 aliphatic carbocycles. The Labute approximate surface area is 120 Å². The summed E-state index contributed by atoms with van der Waals surface area (Å²) in [7, 11) is 6.41. The van der Waals surface area contributed by atoms with Crippen molar-refractivity contribution in [3.05, 3.63) is 48.0 Å². The summed E-state index contributed by atoms with van der Waals surface area (Å²) in [6.07, 6.45) is 2.36. The molecule has 0 N–H and O–H groups in total. The highest BCUT2D eigenvalue weighted by Gasteiger charge is 2.07. The largest absolute Gasteiger partial charge is 0.344 e. The predicted octanol–water partition coefficient (Wildman–Crippen LogP) is 3.83. The molecular formula is C18H22N2. The van der Waals surface area contributed by atoms with Crippen LogP contribution in [0.3, 0.4) is 0 Å². The van der Waals surface area contributed by atoms with Crippen LogP contribution in [0, 0.1) is 0 Å². The lowest BCUT2D eigenvalue weighted by Gasteiger charge is -2.09. The van der Waals surface area contributed by atoms with Crippen molar-refractivity contribution in [1.29, 1.82) is 0 Å². The minimum Gasteiger partial charge on any atom is -0.344 e. The molecule has 2 heteroatoms. The zero-order valence-corrected chi connectivity index (χ0v) is 12.6. The van der Waals surface area contributed by atoms with Gasteiger partial charge in [0.15, 0.2) is 0 Å². The Morgan fingerprint density at radius 1 is 0.950 bits per heavy atom. The predicted molar refractivity (Wildman–Crippen MR) is 87.3 cm³/mol. The first kappa shape index (κ1) is 13.2. The van der Waals surface area contributed by atoms with Crippen LogP contribution in [0.4, 0.5) is 0 Å². The summed E-state index contributed by atoms with van der Waals surface area (Å²) in [5, 5.41) is 2.74. The number of rotatable bonds is 4. The molecule has 3 rings (SSSR count). The molecule has 104 valence electrons. The molecular weight excluding hydrogens is 244 g/mol. The van der Waals surface area contributed by atoms with E-state index in [9.17, 15) is 0 Å². The topological polar surface area (TPSA) is 8.17 Å². The van der Waals surface area contributed by atoms with Crippen molar-refractivity contribution in [3.63, 3.8) is 0 Å². The summed E-state index contributed by atoms with van der Waals surface area (Å²) in [5.41, 5.74) is 4.08. The van der Waals surface area contributed by atoms with Gasteiger partial charge in [-0.3, -0.25) is 0 Å². The molecule has 0 radical (unpaired) electrons. The van der Waals surface area contributed by atoms with Gasteiger partial charge >= 0.3 is 0 Å². The van der Waals surface area contributed by atoms with Gasteiger partial charge in [-0.15, -0.1) is 0 Å². The van der Waals surface area contributed by atoms with Gasteiger partial charge in [-0.25, -0.2) is 0 Å². The van der Waals surface area contributed by atoms with E-state index in [1.54, 1.807) is 0 Å². The number of aromatic nitrogens is 1. The molecule has 2 nitrogen and oxygen atoms in total. The number of nitrogens with zero attached hydrogens (tertiary/aromatic N) is 2. The van der Waals surface area contributed by atoms with E-state index >= 15 is 0 Å². The molecule has 0 amide bonds. The summed E-state index contributed by atoms with van der Waals surface area (Å²) < 4.78 is 2.29. The van der Waals surface area contributed by atoms with Crippen molar-refractivity contribution in [1.82, 2.24) is 9.47 Å². The second-order valence-corrected chi connectivity index (χ2v) is 5.83. The molecule has 1 heterocycles. The van der Waals surface area contributed by atoms with Gasteiger partial charge < -0.3 is 9.47 Å². The van der Waals surface area contributed by atoms with Crippen molar-refractivity contribution >= 4 is 21.8 Å². The lowest BCUT2D eigenvalue weighted by atomic mass is 10.1. The molecule has 0 atom stereocenters. The zero-order valence-electron chi connectivity index (χ0n) is 12.6. The minimum absolute atomic E-state index is 1.15. The van der Waals surface area contributed by atoms with Crippen LogP contribution in [0.2, 0.25) is 0 Å². The number of para-hydroxylation sites is 1. The first-order valence-corrected chi connectivity index (χ1v) is 7.27. The van der Waals surface area contributed by atoms with E-state index < -0.39 is 0 Å². The van der Waals surface area contributed by atoms with Crippen molar-refractivity contribution < 1.29 is 0 Å². The Morgan fingerprint density at radius 3 is 2.50 bits per heavy atom. The fourth-order valence-electron chi connectivity index (χ4n) is 2.97. The maximum atomic E-state index is 2.37. The highest BCUT2D eigenvalue weighted by molar-refractivity contribution is 6.08. The number of aryl methyl sites for hydroxylation is 2. The quantitative estimate of drug-likeness (QED) is 0.697. The van der Waals surface area contributed by atoms with Crippen molar-refractivity contribution in [2.75, 3.05) is 20.6 Å². The highest BCUT2D eigenvalue weighted by Crippen LogP contribution is 2.28. The average Bonchev–Trinajstić information content (AvgIpc) is 2.73. The molecule has 0 aliphatic rings. The van der Waals surface area contributed by atoms with E-state index in [1.165, 1.54) is 33.8 Å². The summed E-state index contributed by atoms with van der Waals surface area (Å²) in [5.74, 6) is 0. The van der Waals surface area contributed by atoms with Gasteiger partial charge in [0.2, 0.25) is 0 Å². The highest BCUT2D eigenvalue weighted by atomic mass is 15.0. The molecule has 0 saturated heterocycles. The van der Waals surface area contributed by atoms with E-state index in [4.69, 9.17) is 0 Å². The van der Waals surface area contributed by atoms with Crippen LogP contribution in [0.15, 0.2) is 42.5 Å². The summed E-state index contributed by atoms with van der Waals surface area (Å²) >= 11 is 0. The van der Waals surface area contributed by atoms with Gasteiger partial charge in [-0.05, 0) is 57.2 Å². The third kappa shape index (κ3) is 2.32. The molecule has 0 aliphatic heterocycles. The third-order valence-electron chi connectivity index (χ3n) is 4.05. The van der Waals surface area contributed by atoms with Crippen LogP contribution in [-0.4, -0.2) is 30.1 Å². The van der Waals surface area contributed by atoms with Crippen molar-refractivity contribution in [2.45, 2.75) is 12.8 Å². The van der Waals surface area contributed by atoms with Gasteiger partial charge in [0.1, 0.15) is 0 Å². The van der Waals surface area contributed by atoms with Crippen LogP contribution in [0.5, 0.6) is 0 Å². The number of benzene rings is 2. The molecule has 0 fully saturated rings. The van der Waals surface area contributed by atoms with E-state index in [0.717, 1.165) is 13.0 Å². The molecule has 0 spiro atoms. The lowest BCUT2D eigenvalue weighted by molar-refractivity contribution is 0.400. The van der Waals surface area contributed by atoms with Gasteiger partial charge in [0.05, 0.1) is 0 Å². The summed E-state index contributed by atoms with van der Waals surface area (Å²) in [6, 6.07) is 15.6. The first-order valence-electron chi connectivity index (χ1n) is 7.27. The molecule has 20 heavy (non-hydrogen) atoms. The number of hydrogen-bond acceptors (Lipinski definition) is 1. The monoisotopic (exact) mass is 266 g/mol. The molecule has 0 bridgehead atoms. The lowest BCUT2D eigenvalue weighted by Crippen LogP contribution is -2.13. The second-order valence-electron chi connectivity index (χ2n) is 5.83. The van der Waals surface area contributed by atoms with Crippen molar-refractivity contribution in [3.8, 4) is 0 Å². The maximum absolute atomic E-state index is 2.37. The fourth-order valence-corrected chi connectivity index (χ4v) is 2.97. The number of hydrogen-bond donors (Lipinski definition) is 0. The van der Waals surface area contributed by atoms with Crippen LogP contribution in [0.25, 0.3) is 21.8 Å².